The molecule has 194 valence electrons. The summed E-state index contributed by atoms with van der Waals surface area (Å²) in [6, 6.07) is 3.52. The first kappa shape index (κ1) is 23.7. The number of carbonyl (C=O) groups is 1. The van der Waals surface area contributed by atoms with Crippen LogP contribution in [0.1, 0.15) is 48.6 Å². The van der Waals surface area contributed by atoms with E-state index in [-0.39, 0.29) is 22.8 Å². The van der Waals surface area contributed by atoms with Crippen LogP contribution in [0.5, 0.6) is 0 Å². The molecule has 0 atom stereocenters. The minimum absolute atomic E-state index is 0.0957. The quantitative estimate of drug-likeness (QED) is 0.662. The molecule has 0 radical (unpaired) electrons. The molecule has 3 heterocycles. The number of hydrogen-bond acceptors (Lipinski definition) is 5. The summed E-state index contributed by atoms with van der Waals surface area (Å²) in [7, 11) is -4.00. The van der Waals surface area contributed by atoms with Crippen LogP contribution in [0.4, 0.5) is 18.0 Å². The number of alkyl halides is 3. The van der Waals surface area contributed by atoms with Gasteiger partial charge in [0.1, 0.15) is 12.2 Å². The first-order valence-corrected chi connectivity index (χ1v) is 14.0. The van der Waals surface area contributed by atoms with E-state index >= 15 is 0 Å². The molecule has 8 nitrogen and oxygen atoms in total. The normalized spacial score (nSPS) is 23.2. The van der Waals surface area contributed by atoms with Crippen molar-refractivity contribution in [1.82, 2.24) is 25.0 Å². The minimum atomic E-state index is -4.72. The summed E-state index contributed by atoms with van der Waals surface area (Å²) in [5.41, 5.74) is -0.188. The molecular formula is C24H28F3N5O3S. The monoisotopic (exact) mass is 523 g/mol. The summed E-state index contributed by atoms with van der Waals surface area (Å²) in [5, 5.41) is 6.84. The van der Waals surface area contributed by atoms with E-state index in [0.717, 1.165) is 56.9 Å². The van der Waals surface area contributed by atoms with Crippen LogP contribution in [0, 0.1) is 16.7 Å². The van der Waals surface area contributed by atoms with E-state index in [1.54, 1.807) is 0 Å². The number of carbonyl (C=O) groups excluding carboxylic acids is 1. The maximum Gasteiger partial charge on any atom is 0.417 e. The van der Waals surface area contributed by atoms with E-state index in [0.29, 0.717) is 31.0 Å². The third kappa shape index (κ3) is 3.97. The Balaban J connectivity index is 0.979. The van der Waals surface area contributed by atoms with Crippen LogP contribution < -0.4 is 0 Å². The molecule has 2 saturated carbocycles. The Hall–Kier alpha value is -2.63. The molecule has 0 bridgehead atoms. The standard InChI is InChI=1S/C24H28F3N5O3S/c1-36(34,35)19-5-15(2-3-18(19)24(25,26)27)4-16-6-22(7-16)10-31(11-22)21(33)32-12-23(13-32)8-17(9-23)20-28-14-29-30-20/h2-3,5,14,16-17H,4,6-13H2,1H3,(H,28,29,30). The maximum atomic E-state index is 13.2. The fourth-order valence-electron chi connectivity index (χ4n) is 6.98. The number of aromatic amines is 1. The second-order valence-electron chi connectivity index (χ2n) is 11.5. The van der Waals surface area contributed by atoms with Gasteiger partial charge in [-0.25, -0.2) is 18.2 Å². The van der Waals surface area contributed by atoms with Crippen LogP contribution in [-0.2, 0) is 22.4 Å². The molecule has 2 aromatic rings. The van der Waals surface area contributed by atoms with Crippen molar-refractivity contribution in [2.45, 2.75) is 49.1 Å². The zero-order chi connectivity index (χ0) is 25.5. The van der Waals surface area contributed by atoms with E-state index in [2.05, 4.69) is 15.2 Å². The molecule has 1 N–H and O–H groups in total. The number of halogens is 3. The molecule has 36 heavy (non-hydrogen) atoms. The maximum absolute atomic E-state index is 13.2. The molecule has 12 heteroatoms. The molecule has 0 unspecified atom stereocenters. The van der Waals surface area contributed by atoms with Gasteiger partial charge in [0.25, 0.3) is 0 Å². The van der Waals surface area contributed by atoms with Gasteiger partial charge in [-0.05, 0) is 55.7 Å². The van der Waals surface area contributed by atoms with E-state index < -0.39 is 26.5 Å². The van der Waals surface area contributed by atoms with Gasteiger partial charge in [0.2, 0.25) is 0 Å². The predicted octanol–water partition coefficient (Wildman–Crippen LogP) is 3.48. The molecule has 2 saturated heterocycles. The largest absolute Gasteiger partial charge is 0.417 e. The van der Waals surface area contributed by atoms with E-state index in [9.17, 15) is 26.4 Å². The fraction of sp³-hybridized carbons (Fsp3) is 0.625. The van der Waals surface area contributed by atoms with Gasteiger partial charge in [0, 0.05) is 49.2 Å². The Morgan fingerprint density at radius 2 is 1.69 bits per heavy atom. The van der Waals surface area contributed by atoms with Gasteiger partial charge < -0.3 is 9.80 Å². The average Bonchev–Trinajstić information content (AvgIpc) is 3.19. The lowest BCUT2D eigenvalue weighted by atomic mass is 9.56. The third-order valence-corrected chi connectivity index (χ3v) is 9.68. The number of urea groups is 1. The van der Waals surface area contributed by atoms with Gasteiger partial charge in [-0.15, -0.1) is 0 Å². The Morgan fingerprint density at radius 1 is 1.08 bits per heavy atom. The number of amides is 2. The third-order valence-electron chi connectivity index (χ3n) is 8.54. The van der Waals surface area contributed by atoms with Gasteiger partial charge >= 0.3 is 12.2 Å². The lowest BCUT2D eigenvalue weighted by Gasteiger charge is -2.63. The molecular weight excluding hydrogens is 495 g/mol. The number of aromatic nitrogens is 3. The van der Waals surface area contributed by atoms with Gasteiger partial charge in [-0.1, -0.05) is 6.07 Å². The highest BCUT2D eigenvalue weighted by Crippen LogP contribution is 2.57. The van der Waals surface area contributed by atoms with Crippen molar-refractivity contribution in [3.8, 4) is 0 Å². The number of sulfone groups is 1. The highest BCUT2D eigenvalue weighted by molar-refractivity contribution is 7.90. The first-order chi connectivity index (χ1) is 16.8. The van der Waals surface area contributed by atoms with Crippen LogP contribution in [-0.4, -0.2) is 71.9 Å². The Kier molecular flexibility index (Phi) is 5.07. The highest BCUT2D eigenvalue weighted by Gasteiger charge is 2.58. The van der Waals surface area contributed by atoms with Crippen LogP contribution in [0.3, 0.4) is 0 Å². The van der Waals surface area contributed by atoms with Gasteiger partial charge in [-0.3, -0.25) is 5.10 Å². The topological polar surface area (TPSA) is 99.3 Å². The van der Waals surface area contributed by atoms with Crippen molar-refractivity contribution < 1.29 is 26.4 Å². The average molecular weight is 524 g/mol. The molecule has 2 amide bonds. The second-order valence-corrected chi connectivity index (χ2v) is 13.5. The second kappa shape index (κ2) is 7.69. The molecule has 2 spiro atoms. The zero-order valence-electron chi connectivity index (χ0n) is 19.9. The zero-order valence-corrected chi connectivity index (χ0v) is 20.7. The Morgan fingerprint density at radius 3 is 2.22 bits per heavy atom. The number of benzene rings is 1. The number of rotatable bonds is 4. The molecule has 6 rings (SSSR count). The van der Waals surface area contributed by atoms with Crippen LogP contribution in [0.2, 0.25) is 0 Å². The summed E-state index contributed by atoms with van der Waals surface area (Å²) >= 11 is 0. The van der Waals surface area contributed by atoms with Gasteiger partial charge in [0.15, 0.2) is 9.84 Å². The number of H-pyrrole nitrogens is 1. The lowest BCUT2D eigenvalue weighted by Crippen LogP contribution is -2.70. The smallest absolute Gasteiger partial charge is 0.323 e. The summed E-state index contributed by atoms with van der Waals surface area (Å²) in [6.45, 7) is 3.01. The Bertz CT molecular complexity index is 1280. The van der Waals surface area contributed by atoms with Gasteiger partial charge in [-0.2, -0.15) is 18.3 Å². The minimum Gasteiger partial charge on any atom is -0.323 e. The lowest BCUT2D eigenvalue weighted by molar-refractivity contribution is -0.139. The van der Waals surface area contributed by atoms with Crippen molar-refractivity contribution in [2.75, 3.05) is 32.4 Å². The summed E-state index contributed by atoms with van der Waals surface area (Å²) in [4.78, 5) is 20.3. The highest BCUT2D eigenvalue weighted by atomic mass is 32.2. The van der Waals surface area contributed by atoms with Crippen LogP contribution in [0.15, 0.2) is 29.4 Å². The van der Waals surface area contributed by atoms with E-state index in [1.165, 1.54) is 18.5 Å². The molecule has 1 aromatic carbocycles. The molecule has 2 aliphatic heterocycles. The molecule has 2 aliphatic carbocycles. The molecule has 4 aliphatic rings. The fourth-order valence-corrected chi connectivity index (χ4v) is 7.93. The Labute approximate surface area is 207 Å². The van der Waals surface area contributed by atoms with Gasteiger partial charge in [0.05, 0.1) is 10.5 Å². The van der Waals surface area contributed by atoms with Crippen molar-refractivity contribution in [1.29, 1.82) is 0 Å². The molecule has 1 aromatic heterocycles. The van der Waals surface area contributed by atoms with Crippen molar-refractivity contribution in [3.63, 3.8) is 0 Å². The molecule has 4 fully saturated rings. The SMILES string of the molecule is CS(=O)(=O)c1cc(CC2CC3(C2)CN(C(=O)N2CC4(CC(c5ncn[nH]5)C4)C2)C3)ccc1C(F)(F)F. The van der Waals surface area contributed by atoms with Crippen molar-refractivity contribution >= 4 is 15.9 Å². The summed E-state index contributed by atoms with van der Waals surface area (Å²) < 4.78 is 63.6. The number of nitrogens with one attached hydrogen (secondary N) is 1. The van der Waals surface area contributed by atoms with Crippen molar-refractivity contribution in [3.05, 3.63) is 41.5 Å². The van der Waals surface area contributed by atoms with Crippen LogP contribution >= 0.6 is 0 Å². The van der Waals surface area contributed by atoms with E-state index in [4.69, 9.17) is 0 Å². The van der Waals surface area contributed by atoms with Crippen molar-refractivity contribution in [2.24, 2.45) is 16.7 Å². The van der Waals surface area contributed by atoms with E-state index in [1.807, 2.05) is 9.80 Å². The van der Waals surface area contributed by atoms with Crippen LogP contribution in [0.25, 0.3) is 0 Å². The number of nitrogens with zero attached hydrogens (tertiary/aromatic N) is 4. The summed E-state index contributed by atoms with van der Waals surface area (Å²) in [6.07, 6.45) is 2.01. The number of hydrogen-bond donors (Lipinski definition) is 1. The first-order valence-electron chi connectivity index (χ1n) is 12.1. The predicted molar refractivity (Wildman–Crippen MR) is 123 cm³/mol. The number of likely N-dealkylation sites (tertiary alicyclic amines) is 2. The summed E-state index contributed by atoms with van der Waals surface area (Å²) in [5.74, 6) is 1.61.